The molecule has 0 aromatic carbocycles. The average Bonchev–Trinajstić information content (AvgIpc) is 2.66. The fraction of sp³-hybridized carbons (Fsp3) is 0.857. The van der Waals surface area contributed by atoms with Crippen LogP contribution in [0, 0.1) is 0 Å². The highest BCUT2D eigenvalue weighted by atomic mass is 16.4. The molecule has 0 aromatic rings. The van der Waals surface area contributed by atoms with Gasteiger partial charge in [0.1, 0.15) is 6.04 Å². The molecule has 1 atom stereocenters. The molecule has 0 aliphatic heterocycles. The topological polar surface area (TPSA) is 60.9 Å². The Hall–Kier alpha value is -1.26. The van der Waals surface area contributed by atoms with Gasteiger partial charge in [-0.3, -0.25) is 0 Å². The van der Waals surface area contributed by atoms with Crippen LogP contribution in [0.15, 0.2) is 0 Å². The Labute approximate surface area is 115 Å². The van der Waals surface area contributed by atoms with Gasteiger partial charge in [-0.15, -0.1) is 0 Å². The molecule has 1 fully saturated rings. The highest BCUT2D eigenvalue weighted by Crippen LogP contribution is 2.22. The summed E-state index contributed by atoms with van der Waals surface area (Å²) in [6.45, 7) is 1.79. The molecule has 19 heavy (non-hydrogen) atoms. The molecule has 1 rings (SSSR count). The molecule has 1 aliphatic carbocycles. The molecule has 0 heterocycles. The summed E-state index contributed by atoms with van der Waals surface area (Å²) in [5, 5.41) is 9.12. The molecule has 1 unspecified atom stereocenters. The molecular weight excluding hydrogens is 244 g/mol. The second-order valence-corrected chi connectivity index (χ2v) is 5.41. The van der Waals surface area contributed by atoms with Crippen LogP contribution in [0.4, 0.5) is 4.79 Å². The van der Waals surface area contributed by atoms with E-state index in [9.17, 15) is 9.59 Å². The van der Waals surface area contributed by atoms with Gasteiger partial charge in [0.05, 0.1) is 0 Å². The summed E-state index contributed by atoms with van der Waals surface area (Å²) in [4.78, 5) is 26.6. The standard InChI is InChI=1S/C14H26N2O3/c1-4-12(13(17)18)16(3)14(19)15(2)11-9-7-5-6-8-10-11/h11-12H,4-10H2,1-3H3,(H,17,18). The van der Waals surface area contributed by atoms with E-state index in [-0.39, 0.29) is 12.1 Å². The van der Waals surface area contributed by atoms with Crippen LogP contribution in [0.1, 0.15) is 51.9 Å². The minimum absolute atomic E-state index is 0.179. The van der Waals surface area contributed by atoms with E-state index in [1.807, 2.05) is 0 Å². The van der Waals surface area contributed by atoms with Gasteiger partial charge in [0.15, 0.2) is 0 Å². The van der Waals surface area contributed by atoms with Crippen LogP contribution in [0.3, 0.4) is 0 Å². The number of carboxylic acid groups (broad SMARTS) is 1. The number of hydrogen-bond acceptors (Lipinski definition) is 2. The van der Waals surface area contributed by atoms with Gasteiger partial charge in [-0.25, -0.2) is 9.59 Å². The highest BCUT2D eigenvalue weighted by molar-refractivity contribution is 5.82. The van der Waals surface area contributed by atoms with Crippen LogP contribution in [-0.2, 0) is 4.79 Å². The Morgan fingerprint density at radius 3 is 2.11 bits per heavy atom. The third kappa shape index (κ3) is 4.11. The quantitative estimate of drug-likeness (QED) is 0.799. The van der Waals surface area contributed by atoms with Crippen molar-refractivity contribution in [3.63, 3.8) is 0 Å². The number of carbonyl (C=O) groups excluding carboxylic acids is 1. The zero-order valence-corrected chi connectivity index (χ0v) is 12.3. The molecule has 0 aromatic heterocycles. The first-order valence-electron chi connectivity index (χ1n) is 7.21. The van der Waals surface area contributed by atoms with E-state index < -0.39 is 12.0 Å². The first-order chi connectivity index (χ1) is 8.99. The van der Waals surface area contributed by atoms with Crippen molar-refractivity contribution in [3.8, 4) is 0 Å². The van der Waals surface area contributed by atoms with Gasteiger partial charge in [0.2, 0.25) is 0 Å². The van der Waals surface area contributed by atoms with Crippen molar-refractivity contribution in [2.24, 2.45) is 0 Å². The Balaban J connectivity index is 2.66. The van der Waals surface area contributed by atoms with Crippen molar-refractivity contribution in [2.75, 3.05) is 14.1 Å². The van der Waals surface area contributed by atoms with Crippen LogP contribution in [0.2, 0.25) is 0 Å². The lowest BCUT2D eigenvalue weighted by atomic mass is 10.1. The maximum atomic E-state index is 12.3. The largest absolute Gasteiger partial charge is 0.480 e. The number of hydrogen-bond donors (Lipinski definition) is 1. The van der Waals surface area contributed by atoms with Gasteiger partial charge in [0, 0.05) is 20.1 Å². The first kappa shape index (κ1) is 15.8. The summed E-state index contributed by atoms with van der Waals surface area (Å²) in [6, 6.07) is -0.661. The van der Waals surface area contributed by atoms with Gasteiger partial charge in [0.25, 0.3) is 0 Å². The summed E-state index contributed by atoms with van der Waals surface area (Å²) >= 11 is 0. The van der Waals surface area contributed by atoms with Crippen LogP contribution in [0.25, 0.3) is 0 Å². The normalized spacial score (nSPS) is 18.5. The second kappa shape index (κ2) is 7.36. The van der Waals surface area contributed by atoms with Crippen LogP contribution in [-0.4, -0.2) is 53.1 Å². The third-order valence-electron chi connectivity index (χ3n) is 4.12. The number of nitrogens with zero attached hydrogens (tertiary/aromatic N) is 2. The molecule has 1 saturated carbocycles. The minimum atomic E-state index is -0.937. The Morgan fingerprint density at radius 1 is 1.16 bits per heavy atom. The highest BCUT2D eigenvalue weighted by Gasteiger charge is 2.29. The van der Waals surface area contributed by atoms with E-state index >= 15 is 0 Å². The monoisotopic (exact) mass is 270 g/mol. The fourth-order valence-corrected chi connectivity index (χ4v) is 2.80. The smallest absolute Gasteiger partial charge is 0.326 e. The van der Waals surface area contributed by atoms with E-state index in [0.717, 1.165) is 25.7 Å². The van der Waals surface area contributed by atoms with Crippen molar-refractivity contribution in [2.45, 2.75) is 64.0 Å². The molecule has 5 heteroatoms. The van der Waals surface area contributed by atoms with Gasteiger partial charge >= 0.3 is 12.0 Å². The lowest BCUT2D eigenvalue weighted by Crippen LogP contribution is -2.50. The lowest BCUT2D eigenvalue weighted by molar-refractivity contribution is -0.142. The predicted octanol–water partition coefficient (Wildman–Crippen LogP) is 2.56. The maximum Gasteiger partial charge on any atom is 0.326 e. The fourth-order valence-electron chi connectivity index (χ4n) is 2.80. The summed E-state index contributed by atoms with van der Waals surface area (Å²) in [7, 11) is 3.38. The molecule has 0 spiro atoms. The van der Waals surface area contributed by atoms with Crippen molar-refractivity contribution < 1.29 is 14.7 Å². The maximum absolute atomic E-state index is 12.3. The molecule has 2 amide bonds. The molecular formula is C14H26N2O3. The van der Waals surface area contributed by atoms with E-state index in [4.69, 9.17) is 5.11 Å². The Kier molecular flexibility index (Phi) is 6.12. The van der Waals surface area contributed by atoms with Gasteiger partial charge in [-0.2, -0.15) is 0 Å². The van der Waals surface area contributed by atoms with Crippen LogP contribution >= 0.6 is 0 Å². The van der Waals surface area contributed by atoms with Crippen molar-refractivity contribution in [1.82, 2.24) is 9.80 Å². The predicted molar refractivity (Wildman–Crippen MR) is 74.1 cm³/mol. The van der Waals surface area contributed by atoms with Gasteiger partial charge in [-0.05, 0) is 19.3 Å². The number of rotatable bonds is 4. The van der Waals surface area contributed by atoms with E-state index in [1.54, 1.807) is 25.9 Å². The third-order valence-corrected chi connectivity index (χ3v) is 4.12. The molecule has 0 bridgehead atoms. The van der Waals surface area contributed by atoms with Crippen molar-refractivity contribution >= 4 is 12.0 Å². The van der Waals surface area contributed by atoms with Crippen LogP contribution in [0.5, 0.6) is 0 Å². The summed E-state index contributed by atoms with van der Waals surface area (Å²) in [5.41, 5.74) is 0. The minimum Gasteiger partial charge on any atom is -0.480 e. The number of carbonyl (C=O) groups is 2. The zero-order chi connectivity index (χ0) is 14.4. The second-order valence-electron chi connectivity index (χ2n) is 5.41. The Bertz CT molecular complexity index is 312. The molecule has 1 N–H and O–H groups in total. The first-order valence-corrected chi connectivity index (χ1v) is 7.21. The molecule has 1 aliphatic rings. The SMILES string of the molecule is CCC(C(=O)O)N(C)C(=O)N(C)C1CCCCCC1. The number of urea groups is 1. The summed E-state index contributed by atoms with van der Waals surface area (Å²) < 4.78 is 0. The molecule has 0 saturated heterocycles. The van der Waals surface area contributed by atoms with E-state index in [1.165, 1.54) is 17.7 Å². The van der Waals surface area contributed by atoms with E-state index in [0.29, 0.717) is 6.42 Å². The Morgan fingerprint density at radius 2 is 1.68 bits per heavy atom. The molecule has 5 nitrogen and oxygen atoms in total. The van der Waals surface area contributed by atoms with Crippen molar-refractivity contribution in [3.05, 3.63) is 0 Å². The number of likely N-dealkylation sites (N-methyl/N-ethyl adjacent to an activating group) is 1. The molecule has 110 valence electrons. The number of aliphatic carboxylic acids is 1. The zero-order valence-electron chi connectivity index (χ0n) is 12.3. The molecule has 0 radical (unpaired) electrons. The number of amides is 2. The average molecular weight is 270 g/mol. The van der Waals surface area contributed by atoms with Gasteiger partial charge < -0.3 is 14.9 Å². The summed E-state index contributed by atoms with van der Waals surface area (Å²) in [6.07, 6.45) is 7.27. The van der Waals surface area contributed by atoms with Gasteiger partial charge in [-0.1, -0.05) is 32.6 Å². The summed E-state index contributed by atoms with van der Waals surface area (Å²) in [5.74, 6) is -0.937. The van der Waals surface area contributed by atoms with E-state index in [2.05, 4.69) is 0 Å². The lowest BCUT2D eigenvalue weighted by Gasteiger charge is -2.33. The van der Waals surface area contributed by atoms with Crippen molar-refractivity contribution in [1.29, 1.82) is 0 Å². The number of carboxylic acids is 1. The van der Waals surface area contributed by atoms with Crippen LogP contribution < -0.4 is 0 Å².